The summed E-state index contributed by atoms with van der Waals surface area (Å²) < 4.78 is 0. The first-order valence-corrected chi connectivity index (χ1v) is 6.87. The van der Waals surface area contributed by atoms with Crippen molar-refractivity contribution in [1.82, 2.24) is 4.98 Å². The Kier molecular flexibility index (Phi) is 3.29. The monoisotopic (exact) mass is 267 g/mol. The van der Waals surface area contributed by atoms with Gasteiger partial charge in [0.05, 0.1) is 18.2 Å². The average molecular weight is 267 g/mol. The lowest BCUT2D eigenvalue weighted by molar-refractivity contribution is 0.132. The van der Waals surface area contributed by atoms with Crippen molar-refractivity contribution >= 4 is 22.3 Å². The quantitative estimate of drug-likeness (QED) is 0.807. The first-order chi connectivity index (χ1) is 9.69. The summed E-state index contributed by atoms with van der Waals surface area (Å²) in [5, 5.41) is 11.0. The minimum Gasteiger partial charge on any atom is -0.391 e. The van der Waals surface area contributed by atoms with Crippen molar-refractivity contribution in [3.63, 3.8) is 0 Å². The third-order valence-corrected chi connectivity index (χ3v) is 3.82. The van der Waals surface area contributed by atoms with Crippen molar-refractivity contribution in [2.45, 2.75) is 19.4 Å². The number of benzene rings is 1. The standard InChI is InChI=1S/C16H17N3O/c1-11-8-12(20)10-19(9-11)15-6-5-14(17-2)16-13(15)4-3-7-18-16/h3-7,11-12,20H,8-10H2,1H3/t11-,12+/m0/s1. The van der Waals surface area contributed by atoms with Crippen LogP contribution in [0.25, 0.3) is 15.7 Å². The molecule has 1 saturated heterocycles. The molecule has 2 atom stereocenters. The summed E-state index contributed by atoms with van der Waals surface area (Å²) in [7, 11) is 0. The molecule has 0 amide bonds. The van der Waals surface area contributed by atoms with Gasteiger partial charge in [-0.15, -0.1) is 0 Å². The number of aromatic nitrogens is 1. The topological polar surface area (TPSA) is 40.7 Å². The van der Waals surface area contributed by atoms with Crippen molar-refractivity contribution < 1.29 is 5.11 Å². The van der Waals surface area contributed by atoms with Gasteiger partial charge in [-0.2, -0.15) is 0 Å². The number of β-amino-alcohol motifs (C(OH)–C–C–N with tert-alkyl or cyclic N) is 1. The van der Waals surface area contributed by atoms with Crippen LogP contribution in [0.15, 0.2) is 30.5 Å². The van der Waals surface area contributed by atoms with Crippen LogP contribution in [-0.2, 0) is 0 Å². The van der Waals surface area contributed by atoms with E-state index in [1.54, 1.807) is 6.20 Å². The molecule has 0 bridgehead atoms. The highest BCUT2D eigenvalue weighted by Crippen LogP contribution is 2.34. The van der Waals surface area contributed by atoms with Gasteiger partial charge in [0.15, 0.2) is 0 Å². The van der Waals surface area contributed by atoms with Crippen LogP contribution >= 0.6 is 0 Å². The maximum atomic E-state index is 9.98. The molecule has 3 rings (SSSR count). The minimum absolute atomic E-state index is 0.286. The second-order valence-electron chi connectivity index (χ2n) is 5.51. The Bertz CT molecular complexity index is 667. The molecule has 0 spiro atoms. The van der Waals surface area contributed by atoms with Crippen LogP contribution in [0.1, 0.15) is 13.3 Å². The number of fused-ring (bicyclic) bond motifs is 1. The van der Waals surface area contributed by atoms with Crippen molar-refractivity contribution in [3.8, 4) is 0 Å². The molecule has 4 nitrogen and oxygen atoms in total. The molecule has 1 aliphatic heterocycles. The summed E-state index contributed by atoms with van der Waals surface area (Å²) in [4.78, 5) is 10.1. The fraction of sp³-hybridized carbons (Fsp3) is 0.375. The number of nitrogens with zero attached hydrogens (tertiary/aromatic N) is 3. The maximum Gasteiger partial charge on any atom is 0.213 e. The Balaban J connectivity index is 2.11. The maximum absolute atomic E-state index is 9.98. The molecule has 1 aromatic heterocycles. The summed E-state index contributed by atoms with van der Waals surface area (Å²) in [5.74, 6) is 0.464. The molecule has 1 N–H and O–H groups in total. The number of piperidine rings is 1. The number of aliphatic hydroxyl groups excluding tert-OH is 1. The number of aliphatic hydroxyl groups is 1. The van der Waals surface area contributed by atoms with Crippen LogP contribution in [0.4, 0.5) is 11.4 Å². The number of rotatable bonds is 1. The van der Waals surface area contributed by atoms with E-state index >= 15 is 0 Å². The van der Waals surface area contributed by atoms with Crippen LogP contribution in [0.2, 0.25) is 0 Å². The highest BCUT2D eigenvalue weighted by molar-refractivity contribution is 5.99. The highest BCUT2D eigenvalue weighted by atomic mass is 16.3. The van der Waals surface area contributed by atoms with E-state index < -0.39 is 0 Å². The molecule has 20 heavy (non-hydrogen) atoms. The predicted molar refractivity (Wildman–Crippen MR) is 80.0 cm³/mol. The third-order valence-electron chi connectivity index (χ3n) is 3.82. The van der Waals surface area contributed by atoms with Crippen LogP contribution in [-0.4, -0.2) is 29.3 Å². The molecule has 0 saturated carbocycles. The van der Waals surface area contributed by atoms with E-state index in [1.807, 2.05) is 24.3 Å². The Hall–Kier alpha value is -2.12. The number of hydrogen-bond donors (Lipinski definition) is 1. The van der Waals surface area contributed by atoms with Gasteiger partial charge in [-0.1, -0.05) is 19.1 Å². The zero-order valence-electron chi connectivity index (χ0n) is 11.5. The van der Waals surface area contributed by atoms with Gasteiger partial charge in [0, 0.05) is 30.4 Å². The number of anilines is 1. The van der Waals surface area contributed by atoms with E-state index in [1.165, 1.54) is 0 Å². The summed E-state index contributed by atoms with van der Waals surface area (Å²) in [6.45, 7) is 11.0. The van der Waals surface area contributed by atoms with Crippen LogP contribution in [0.3, 0.4) is 0 Å². The molecule has 2 heterocycles. The van der Waals surface area contributed by atoms with Crippen molar-refractivity contribution in [2.24, 2.45) is 5.92 Å². The third kappa shape index (κ3) is 2.21. The Morgan fingerprint density at radius 2 is 2.20 bits per heavy atom. The van der Waals surface area contributed by atoms with E-state index in [9.17, 15) is 5.11 Å². The summed E-state index contributed by atoms with van der Waals surface area (Å²) >= 11 is 0. The molecular weight excluding hydrogens is 250 g/mol. The van der Waals surface area contributed by atoms with Crippen molar-refractivity contribution in [1.29, 1.82) is 0 Å². The lowest BCUT2D eigenvalue weighted by Gasteiger charge is -2.36. The molecule has 1 fully saturated rings. The van der Waals surface area contributed by atoms with E-state index in [4.69, 9.17) is 6.57 Å². The molecule has 0 aliphatic carbocycles. The highest BCUT2D eigenvalue weighted by Gasteiger charge is 2.24. The van der Waals surface area contributed by atoms with E-state index in [0.717, 1.165) is 29.6 Å². The van der Waals surface area contributed by atoms with Crippen LogP contribution < -0.4 is 4.90 Å². The molecule has 1 aliphatic rings. The first-order valence-electron chi connectivity index (χ1n) is 6.87. The summed E-state index contributed by atoms with van der Waals surface area (Å²) in [6, 6.07) is 7.69. The fourth-order valence-corrected chi connectivity index (χ4v) is 3.02. The number of pyridine rings is 1. The Labute approximate surface area is 118 Å². The fourth-order valence-electron chi connectivity index (χ4n) is 3.02. The molecular formula is C16H17N3O. The normalized spacial score (nSPS) is 22.8. The van der Waals surface area contributed by atoms with Crippen molar-refractivity contribution in [3.05, 3.63) is 41.9 Å². The van der Waals surface area contributed by atoms with Gasteiger partial charge < -0.3 is 10.0 Å². The molecule has 0 radical (unpaired) electrons. The zero-order valence-corrected chi connectivity index (χ0v) is 11.5. The predicted octanol–water partition coefficient (Wildman–Crippen LogP) is 2.99. The SMILES string of the molecule is [C-]#[N+]c1ccc(N2C[C@@H](C)C[C@@H](O)C2)c2cccnc12. The number of hydrogen-bond acceptors (Lipinski definition) is 3. The van der Waals surface area contributed by atoms with Gasteiger partial charge >= 0.3 is 0 Å². The molecule has 2 aromatic rings. The van der Waals surface area contributed by atoms with Gasteiger partial charge in [-0.25, -0.2) is 4.85 Å². The molecule has 102 valence electrons. The lowest BCUT2D eigenvalue weighted by atomic mass is 9.97. The van der Waals surface area contributed by atoms with Gasteiger partial charge in [-0.3, -0.25) is 4.98 Å². The van der Waals surface area contributed by atoms with Crippen LogP contribution in [0, 0.1) is 12.5 Å². The van der Waals surface area contributed by atoms with E-state index in [0.29, 0.717) is 18.2 Å². The Morgan fingerprint density at radius 1 is 1.35 bits per heavy atom. The smallest absolute Gasteiger partial charge is 0.213 e. The van der Waals surface area contributed by atoms with Crippen molar-refractivity contribution in [2.75, 3.05) is 18.0 Å². The lowest BCUT2D eigenvalue weighted by Crippen LogP contribution is -2.42. The average Bonchev–Trinajstić information content (AvgIpc) is 2.45. The molecule has 0 unspecified atom stereocenters. The second kappa shape index (κ2) is 5.10. The van der Waals surface area contributed by atoms with Gasteiger partial charge in [0.1, 0.15) is 0 Å². The first kappa shape index (κ1) is 12.9. The summed E-state index contributed by atoms with van der Waals surface area (Å²) in [5.41, 5.74) is 2.38. The summed E-state index contributed by atoms with van der Waals surface area (Å²) in [6.07, 6.45) is 2.28. The molecule has 1 aromatic carbocycles. The van der Waals surface area contributed by atoms with E-state index in [-0.39, 0.29) is 6.10 Å². The van der Waals surface area contributed by atoms with Gasteiger partial charge in [0.2, 0.25) is 5.69 Å². The second-order valence-corrected chi connectivity index (χ2v) is 5.51. The minimum atomic E-state index is -0.286. The Morgan fingerprint density at radius 3 is 2.95 bits per heavy atom. The largest absolute Gasteiger partial charge is 0.391 e. The van der Waals surface area contributed by atoms with Gasteiger partial charge in [-0.05, 0) is 24.5 Å². The van der Waals surface area contributed by atoms with E-state index in [2.05, 4.69) is 21.7 Å². The van der Waals surface area contributed by atoms with Gasteiger partial charge in [0.25, 0.3) is 0 Å². The zero-order chi connectivity index (χ0) is 14.1. The molecule has 4 heteroatoms. The van der Waals surface area contributed by atoms with Crippen LogP contribution in [0.5, 0.6) is 0 Å².